The number of aromatic carboxylic acids is 1. The van der Waals surface area contributed by atoms with E-state index in [2.05, 4.69) is 23.2 Å². The van der Waals surface area contributed by atoms with Gasteiger partial charge in [-0.05, 0) is 48.1 Å². The number of pyridine rings is 1. The molecule has 0 aliphatic heterocycles. The first kappa shape index (κ1) is 13.2. The number of nitrogens with zero attached hydrogens (tertiary/aromatic N) is 1. The van der Waals surface area contributed by atoms with Gasteiger partial charge in [0.15, 0.2) is 0 Å². The minimum atomic E-state index is -0.910. The first-order valence-corrected chi connectivity index (χ1v) is 7.64. The molecule has 1 aromatic carbocycles. The third-order valence-electron chi connectivity index (χ3n) is 3.53. The topological polar surface area (TPSA) is 50.2 Å². The number of benzene rings is 1. The molecule has 0 amide bonds. The molecule has 3 rings (SSSR count). The summed E-state index contributed by atoms with van der Waals surface area (Å²) in [5.41, 5.74) is 4.51. The molecule has 1 aliphatic carbocycles. The summed E-state index contributed by atoms with van der Waals surface area (Å²) in [6, 6.07) is 9.80. The van der Waals surface area contributed by atoms with Crippen LogP contribution >= 0.6 is 11.8 Å². The highest BCUT2D eigenvalue weighted by Gasteiger charge is 2.11. The third kappa shape index (κ3) is 2.85. The minimum absolute atomic E-state index is 0.288. The number of carboxylic acids is 1. The van der Waals surface area contributed by atoms with Crippen LogP contribution in [-0.2, 0) is 18.6 Å². The molecule has 0 radical (unpaired) electrons. The molecule has 0 saturated heterocycles. The Kier molecular flexibility index (Phi) is 3.74. The molecule has 0 bridgehead atoms. The monoisotopic (exact) mass is 285 g/mol. The van der Waals surface area contributed by atoms with E-state index in [0.717, 1.165) is 10.8 Å². The van der Waals surface area contributed by atoms with Crippen molar-refractivity contribution in [2.24, 2.45) is 0 Å². The van der Waals surface area contributed by atoms with Crippen molar-refractivity contribution >= 4 is 17.7 Å². The third-order valence-corrected chi connectivity index (χ3v) is 4.53. The van der Waals surface area contributed by atoms with E-state index in [1.54, 1.807) is 24.0 Å². The molecule has 2 aromatic rings. The summed E-state index contributed by atoms with van der Waals surface area (Å²) < 4.78 is 0. The Bertz CT molecular complexity index is 655. The molecule has 0 atom stereocenters. The van der Waals surface area contributed by atoms with Gasteiger partial charge in [0, 0.05) is 11.9 Å². The van der Waals surface area contributed by atoms with E-state index >= 15 is 0 Å². The molecule has 1 heterocycles. The zero-order valence-corrected chi connectivity index (χ0v) is 11.8. The van der Waals surface area contributed by atoms with Crippen molar-refractivity contribution in [3.05, 3.63) is 58.8 Å². The molecule has 4 heteroatoms. The first-order chi connectivity index (χ1) is 9.72. The van der Waals surface area contributed by atoms with Gasteiger partial charge in [0.1, 0.15) is 0 Å². The average molecular weight is 285 g/mol. The first-order valence-electron chi connectivity index (χ1n) is 6.65. The van der Waals surface area contributed by atoms with Gasteiger partial charge in [-0.1, -0.05) is 18.2 Å². The van der Waals surface area contributed by atoms with E-state index in [1.807, 2.05) is 0 Å². The predicted octanol–water partition coefficient (Wildman–Crippen LogP) is 3.56. The van der Waals surface area contributed by atoms with Gasteiger partial charge in [-0.15, -0.1) is 11.8 Å². The second-order valence-corrected chi connectivity index (χ2v) is 5.93. The van der Waals surface area contributed by atoms with Gasteiger partial charge in [-0.2, -0.15) is 0 Å². The lowest BCUT2D eigenvalue weighted by Gasteiger charge is -2.05. The summed E-state index contributed by atoms with van der Waals surface area (Å²) in [7, 11) is 0. The van der Waals surface area contributed by atoms with E-state index < -0.39 is 5.97 Å². The fourth-order valence-electron chi connectivity index (χ4n) is 2.49. The normalized spacial score (nSPS) is 13.2. The fraction of sp³-hybridized carbons (Fsp3) is 0.250. The Morgan fingerprint density at radius 1 is 1.20 bits per heavy atom. The Morgan fingerprint density at radius 2 is 2.05 bits per heavy atom. The van der Waals surface area contributed by atoms with Gasteiger partial charge < -0.3 is 5.11 Å². The summed E-state index contributed by atoms with van der Waals surface area (Å²) in [6.07, 6.45) is 5.19. The lowest BCUT2D eigenvalue weighted by Crippen LogP contribution is -1.96. The Balaban J connectivity index is 1.70. The smallest absolute Gasteiger partial charge is 0.335 e. The van der Waals surface area contributed by atoms with Gasteiger partial charge in [0.2, 0.25) is 0 Å². The van der Waals surface area contributed by atoms with Crippen molar-refractivity contribution < 1.29 is 9.90 Å². The highest BCUT2D eigenvalue weighted by molar-refractivity contribution is 7.98. The van der Waals surface area contributed by atoms with Gasteiger partial charge >= 0.3 is 5.97 Å². The Hall–Kier alpha value is -1.81. The molecule has 0 unspecified atom stereocenters. The van der Waals surface area contributed by atoms with Crippen molar-refractivity contribution in [1.82, 2.24) is 4.98 Å². The number of hydrogen-bond donors (Lipinski definition) is 1. The molecular formula is C16H15NO2S. The quantitative estimate of drug-likeness (QED) is 0.873. The van der Waals surface area contributed by atoms with Crippen LogP contribution in [0.25, 0.3) is 0 Å². The largest absolute Gasteiger partial charge is 0.478 e. The molecule has 0 fully saturated rings. The maximum atomic E-state index is 10.9. The Labute approximate surface area is 122 Å². The molecule has 3 nitrogen and oxygen atoms in total. The molecule has 1 aliphatic rings. The van der Waals surface area contributed by atoms with Crippen LogP contribution in [0.5, 0.6) is 0 Å². The predicted molar refractivity (Wildman–Crippen MR) is 79.2 cm³/mol. The fourth-order valence-corrected chi connectivity index (χ4v) is 3.33. The van der Waals surface area contributed by atoms with Crippen LogP contribution in [0.1, 0.15) is 33.5 Å². The number of carboxylic acid groups (broad SMARTS) is 1. The highest BCUT2D eigenvalue weighted by atomic mass is 32.2. The summed E-state index contributed by atoms with van der Waals surface area (Å²) in [6.45, 7) is 0. The van der Waals surface area contributed by atoms with Crippen LogP contribution in [-0.4, -0.2) is 16.1 Å². The lowest BCUT2D eigenvalue weighted by molar-refractivity contribution is 0.0696. The van der Waals surface area contributed by atoms with Crippen LogP contribution in [0.3, 0.4) is 0 Å². The van der Waals surface area contributed by atoms with Gasteiger partial charge in [-0.25, -0.2) is 9.78 Å². The average Bonchev–Trinajstić information content (AvgIpc) is 2.93. The molecule has 1 aromatic heterocycles. The number of carbonyl (C=O) groups is 1. The van der Waals surface area contributed by atoms with E-state index in [0.29, 0.717) is 0 Å². The SMILES string of the molecule is O=C(O)c1ccnc(SCc2ccc3c(c2)CCC3)c1. The van der Waals surface area contributed by atoms with Crippen LogP contribution in [0.15, 0.2) is 41.6 Å². The lowest BCUT2D eigenvalue weighted by atomic mass is 10.1. The van der Waals surface area contributed by atoms with Gasteiger partial charge in [0.05, 0.1) is 10.6 Å². The van der Waals surface area contributed by atoms with Crippen molar-refractivity contribution in [1.29, 1.82) is 0 Å². The number of fused-ring (bicyclic) bond motifs is 1. The molecular weight excluding hydrogens is 270 g/mol. The second-order valence-electron chi connectivity index (χ2n) is 4.93. The van der Waals surface area contributed by atoms with E-state index in [4.69, 9.17) is 5.11 Å². The Morgan fingerprint density at radius 3 is 2.90 bits per heavy atom. The molecule has 0 saturated carbocycles. The molecule has 1 N–H and O–H groups in total. The van der Waals surface area contributed by atoms with Gasteiger partial charge in [0.25, 0.3) is 0 Å². The van der Waals surface area contributed by atoms with Gasteiger partial charge in [-0.3, -0.25) is 0 Å². The molecule has 0 spiro atoms. The van der Waals surface area contributed by atoms with E-state index in [9.17, 15) is 4.79 Å². The zero-order chi connectivity index (χ0) is 13.9. The minimum Gasteiger partial charge on any atom is -0.478 e. The highest BCUT2D eigenvalue weighted by Crippen LogP contribution is 2.26. The maximum absolute atomic E-state index is 10.9. The van der Waals surface area contributed by atoms with Crippen LogP contribution in [0, 0.1) is 0 Å². The number of thioether (sulfide) groups is 1. The van der Waals surface area contributed by atoms with E-state index in [-0.39, 0.29) is 5.56 Å². The molecule has 20 heavy (non-hydrogen) atoms. The molecule has 102 valence electrons. The van der Waals surface area contributed by atoms with Crippen molar-refractivity contribution in [3.8, 4) is 0 Å². The van der Waals surface area contributed by atoms with Crippen LogP contribution in [0.2, 0.25) is 0 Å². The second kappa shape index (κ2) is 5.67. The van der Waals surface area contributed by atoms with Crippen molar-refractivity contribution in [2.75, 3.05) is 0 Å². The van der Waals surface area contributed by atoms with Crippen LogP contribution in [0.4, 0.5) is 0 Å². The van der Waals surface area contributed by atoms with Crippen molar-refractivity contribution in [2.45, 2.75) is 30.0 Å². The summed E-state index contributed by atoms with van der Waals surface area (Å²) in [5.74, 6) is -0.0876. The maximum Gasteiger partial charge on any atom is 0.335 e. The summed E-state index contributed by atoms with van der Waals surface area (Å²) in [4.78, 5) is 15.1. The summed E-state index contributed by atoms with van der Waals surface area (Å²) in [5, 5.41) is 9.72. The number of aromatic nitrogens is 1. The number of hydrogen-bond acceptors (Lipinski definition) is 3. The zero-order valence-electron chi connectivity index (χ0n) is 11.0. The number of rotatable bonds is 4. The summed E-state index contributed by atoms with van der Waals surface area (Å²) >= 11 is 1.58. The van der Waals surface area contributed by atoms with E-state index in [1.165, 1.54) is 42.0 Å². The number of aryl methyl sites for hydroxylation is 2. The van der Waals surface area contributed by atoms with Crippen molar-refractivity contribution in [3.63, 3.8) is 0 Å². The standard InChI is InChI=1S/C16H15NO2S/c18-16(19)14-6-7-17-15(9-14)20-10-11-4-5-12-2-1-3-13(12)8-11/h4-9H,1-3,10H2,(H,18,19). The van der Waals surface area contributed by atoms with Crippen LogP contribution < -0.4 is 0 Å².